The standard InChI is InChI=1S/C24H15F3N4O2S/c25-24(26,27)18-6-2-4-8-20(18)29-21(32)14-34-23-30-19-7-3-1-5-17(19)22(33)31(23)16-11-9-15(13-28)10-12-16/h1-12H,14H2,(H,29,32). The molecule has 4 rings (SSSR count). The molecule has 6 nitrogen and oxygen atoms in total. The van der Waals surface area contributed by atoms with E-state index in [1.54, 1.807) is 48.5 Å². The van der Waals surface area contributed by atoms with Crippen LogP contribution >= 0.6 is 11.8 Å². The third-order valence-corrected chi connectivity index (χ3v) is 5.78. The molecule has 0 radical (unpaired) electrons. The lowest BCUT2D eigenvalue weighted by atomic mass is 10.1. The number of fused-ring (bicyclic) bond motifs is 1. The molecule has 0 spiro atoms. The lowest BCUT2D eigenvalue weighted by molar-refractivity contribution is -0.137. The number of hydrogen-bond donors (Lipinski definition) is 1. The zero-order valence-corrected chi connectivity index (χ0v) is 18.2. The van der Waals surface area contributed by atoms with Crippen LogP contribution in [0.15, 0.2) is 82.7 Å². The highest BCUT2D eigenvalue weighted by Crippen LogP contribution is 2.34. The molecule has 0 bridgehead atoms. The molecule has 34 heavy (non-hydrogen) atoms. The number of thioether (sulfide) groups is 1. The van der Waals surface area contributed by atoms with Gasteiger partial charge in [0.15, 0.2) is 5.16 Å². The van der Waals surface area contributed by atoms with E-state index in [9.17, 15) is 22.8 Å². The van der Waals surface area contributed by atoms with Crippen LogP contribution < -0.4 is 10.9 Å². The van der Waals surface area contributed by atoms with Crippen molar-refractivity contribution in [1.82, 2.24) is 9.55 Å². The summed E-state index contributed by atoms with van der Waals surface area (Å²) in [4.78, 5) is 30.2. The maximum Gasteiger partial charge on any atom is 0.418 e. The van der Waals surface area contributed by atoms with Crippen LogP contribution in [0.1, 0.15) is 11.1 Å². The van der Waals surface area contributed by atoms with Gasteiger partial charge in [0.2, 0.25) is 5.91 Å². The molecular formula is C24H15F3N4O2S. The SMILES string of the molecule is N#Cc1ccc(-n2c(SCC(=O)Nc3ccccc3C(F)(F)F)nc3ccccc3c2=O)cc1. The highest BCUT2D eigenvalue weighted by Gasteiger charge is 2.33. The van der Waals surface area contributed by atoms with Crippen molar-refractivity contribution in [2.45, 2.75) is 11.3 Å². The number of nitrogens with one attached hydrogen (secondary N) is 1. The summed E-state index contributed by atoms with van der Waals surface area (Å²) in [7, 11) is 0. The van der Waals surface area contributed by atoms with Gasteiger partial charge in [-0.3, -0.25) is 14.2 Å². The van der Waals surface area contributed by atoms with Crippen LogP contribution in [0.4, 0.5) is 18.9 Å². The van der Waals surface area contributed by atoms with Crippen molar-refractivity contribution >= 4 is 34.3 Å². The highest BCUT2D eigenvalue weighted by molar-refractivity contribution is 7.99. The Balaban J connectivity index is 1.66. The Hall–Kier alpha value is -4.10. The van der Waals surface area contributed by atoms with Gasteiger partial charge in [-0.25, -0.2) is 4.98 Å². The Morgan fingerprint density at radius 2 is 1.71 bits per heavy atom. The van der Waals surface area contributed by atoms with Gasteiger partial charge in [0.1, 0.15) is 0 Å². The topological polar surface area (TPSA) is 87.8 Å². The molecule has 10 heteroatoms. The van der Waals surface area contributed by atoms with Crippen LogP contribution in [0.25, 0.3) is 16.6 Å². The fourth-order valence-electron chi connectivity index (χ4n) is 3.28. The molecule has 3 aromatic carbocycles. The first-order chi connectivity index (χ1) is 16.3. The Bertz CT molecular complexity index is 1480. The molecule has 1 heterocycles. The van der Waals surface area contributed by atoms with Crippen LogP contribution in [0.5, 0.6) is 0 Å². The van der Waals surface area contributed by atoms with Crippen molar-refractivity contribution in [2.75, 3.05) is 11.1 Å². The van der Waals surface area contributed by atoms with E-state index in [1.807, 2.05) is 6.07 Å². The zero-order valence-electron chi connectivity index (χ0n) is 17.3. The maximum atomic E-state index is 13.2. The number of nitriles is 1. The minimum atomic E-state index is -4.62. The van der Waals surface area contributed by atoms with Gasteiger partial charge in [-0.15, -0.1) is 0 Å². The molecule has 0 aliphatic heterocycles. The Morgan fingerprint density at radius 3 is 2.41 bits per heavy atom. The lowest BCUT2D eigenvalue weighted by Crippen LogP contribution is -2.23. The van der Waals surface area contributed by atoms with Crippen molar-refractivity contribution in [3.05, 3.63) is 94.3 Å². The summed E-state index contributed by atoms with van der Waals surface area (Å²) in [5, 5.41) is 11.9. The second kappa shape index (κ2) is 9.41. The number of benzene rings is 3. The Kier molecular flexibility index (Phi) is 6.38. The fraction of sp³-hybridized carbons (Fsp3) is 0.0833. The van der Waals surface area contributed by atoms with Gasteiger partial charge >= 0.3 is 6.18 Å². The number of amides is 1. The van der Waals surface area contributed by atoms with E-state index < -0.39 is 17.6 Å². The van der Waals surface area contributed by atoms with E-state index >= 15 is 0 Å². The molecule has 4 aromatic rings. The second-order valence-corrected chi connectivity index (χ2v) is 8.03. The normalized spacial score (nSPS) is 11.2. The van der Waals surface area contributed by atoms with Crippen molar-refractivity contribution in [3.63, 3.8) is 0 Å². The lowest BCUT2D eigenvalue weighted by Gasteiger charge is -2.15. The maximum absolute atomic E-state index is 13.2. The van der Waals surface area contributed by atoms with Gasteiger partial charge in [-0.05, 0) is 48.5 Å². The van der Waals surface area contributed by atoms with Crippen molar-refractivity contribution in [2.24, 2.45) is 0 Å². The largest absolute Gasteiger partial charge is 0.418 e. The van der Waals surface area contributed by atoms with Gasteiger partial charge in [-0.1, -0.05) is 36.0 Å². The summed E-state index contributed by atoms with van der Waals surface area (Å²) >= 11 is 0.915. The molecule has 1 N–H and O–H groups in total. The molecule has 0 aliphatic rings. The second-order valence-electron chi connectivity index (χ2n) is 7.09. The number of aromatic nitrogens is 2. The first-order valence-electron chi connectivity index (χ1n) is 9.89. The fourth-order valence-corrected chi connectivity index (χ4v) is 4.09. The number of carbonyl (C=O) groups excluding carboxylic acids is 1. The first kappa shape index (κ1) is 23.1. The summed E-state index contributed by atoms with van der Waals surface area (Å²) in [6.07, 6.45) is -4.62. The number of anilines is 1. The van der Waals surface area contributed by atoms with Gasteiger partial charge in [-0.2, -0.15) is 18.4 Å². The van der Waals surface area contributed by atoms with E-state index in [-0.39, 0.29) is 22.2 Å². The predicted octanol–water partition coefficient (Wildman–Crippen LogP) is 5.01. The number of carbonyl (C=O) groups is 1. The van der Waals surface area contributed by atoms with Gasteiger partial charge in [0.05, 0.1) is 45.2 Å². The van der Waals surface area contributed by atoms with Gasteiger partial charge in [0.25, 0.3) is 5.56 Å². The summed E-state index contributed by atoms with van der Waals surface area (Å²) in [6.45, 7) is 0. The van der Waals surface area contributed by atoms with Crippen LogP contribution in [0, 0.1) is 11.3 Å². The van der Waals surface area contributed by atoms with Crippen molar-refractivity contribution in [3.8, 4) is 11.8 Å². The minimum absolute atomic E-state index is 0.188. The third-order valence-electron chi connectivity index (χ3n) is 4.84. The third kappa shape index (κ3) is 4.79. The number of nitrogens with zero attached hydrogens (tertiary/aromatic N) is 3. The molecular weight excluding hydrogens is 465 g/mol. The van der Waals surface area contributed by atoms with Crippen LogP contribution in [-0.4, -0.2) is 21.2 Å². The molecule has 0 atom stereocenters. The number of halogens is 3. The molecule has 0 saturated heterocycles. The summed E-state index contributed by atoms with van der Waals surface area (Å²) < 4.78 is 40.9. The number of rotatable bonds is 5. The van der Waals surface area contributed by atoms with E-state index in [0.717, 1.165) is 17.8 Å². The molecule has 170 valence electrons. The molecule has 1 amide bonds. The predicted molar refractivity (Wildman–Crippen MR) is 123 cm³/mol. The molecule has 0 fully saturated rings. The quantitative estimate of drug-likeness (QED) is 0.321. The van der Waals surface area contributed by atoms with E-state index in [0.29, 0.717) is 22.2 Å². The number of hydrogen-bond acceptors (Lipinski definition) is 5. The highest BCUT2D eigenvalue weighted by atomic mass is 32.2. The molecule has 1 aromatic heterocycles. The average molecular weight is 480 g/mol. The van der Waals surface area contributed by atoms with E-state index in [4.69, 9.17) is 5.26 Å². The summed E-state index contributed by atoms with van der Waals surface area (Å²) in [5.41, 5.74) is -0.415. The van der Waals surface area contributed by atoms with Gasteiger partial charge in [0, 0.05) is 0 Å². The van der Waals surface area contributed by atoms with Gasteiger partial charge < -0.3 is 5.32 Å². The van der Waals surface area contributed by atoms with E-state index in [1.165, 1.54) is 22.8 Å². The van der Waals surface area contributed by atoms with Crippen molar-refractivity contribution in [1.29, 1.82) is 5.26 Å². The number of alkyl halides is 3. The molecule has 0 aliphatic carbocycles. The van der Waals surface area contributed by atoms with Crippen LogP contribution in [-0.2, 0) is 11.0 Å². The zero-order chi connectivity index (χ0) is 24.3. The smallest absolute Gasteiger partial charge is 0.325 e. The molecule has 0 saturated carbocycles. The summed E-state index contributed by atoms with van der Waals surface area (Å²) in [6, 6.07) is 19.7. The minimum Gasteiger partial charge on any atom is -0.325 e. The molecule has 0 unspecified atom stereocenters. The van der Waals surface area contributed by atoms with Crippen LogP contribution in [0.3, 0.4) is 0 Å². The first-order valence-corrected chi connectivity index (χ1v) is 10.9. The Morgan fingerprint density at radius 1 is 1.03 bits per heavy atom. The number of para-hydroxylation sites is 2. The Labute approximate surface area is 195 Å². The average Bonchev–Trinajstić information content (AvgIpc) is 2.83. The summed E-state index contributed by atoms with van der Waals surface area (Å²) in [5.74, 6) is -0.969. The monoisotopic (exact) mass is 480 g/mol. The van der Waals surface area contributed by atoms with Crippen LogP contribution in [0.2, 0.25) is 0 Å². The van der Waals surface area contributed by atoms with Crippen molar-refractivity contribution < 1.29 is 18.0 Å². The van der Waals surface area contributed by atoms with E-state index in [2.05, 4.69) is 10.3 Å².